The molecular formula is C26H45N3. The average molecular weight is 400 g/mol. The van der Waals surface area contributed by atoms with E-state index in [1.807, 2.05) is 0 Å². The molecule has 29 heavy (non-hydrogen) atoms. The van der Waals surface area contributed by atoms with E-state index in [0.717, 1.165) is 35.9 Å². The number of nitrogens with zero attached hydrogens (tertiary/aromatic N) is 3. The molecule has 4 saturated carbocycles. The molecule has 5 fully saturated rings. The predicted molar refractivity (Wildman–Crippen MR) is 122 cm³/mol. The maximum atomic E-state index is 4.92. The van der Waals surface area contributed by atoms with Gasteiger partial charge in [-0.05, 0) is 82.0 Å². The van der Waals surface area contributed by atoms with Crippen LogP contribution in [-0.2, 0) is 0 Å². The van der Waals surface area contributed by atoms with Crippen molar-refractivity contribution in [2.24, 2.45) is 22.9 Å². The van der Waals surface area contributed by atoms with Crippen LogP contribution < -0.4 is 0 Å². The number of hydrogen-bond donors (Lipinski definition) is 0. The van der Waals surface area contributed by atoms with Crippen LogP contribution >= 0.6 is 0 Å². The third-order valence-electron chi connectivity index (χ3n) is 9.60. The smallest absolute Gasteiger partial charge is 0.0467 e. The highest BCUT2D eigenvalue weighted by molar-refractivity contribution is 5.60. The lowest BCUT2D eigenvalue weighted by molar-refractivity contribution is 0.0612. The highest BCUT2D eigenvalue weighted by Gasteiger charge is 2.51. The summed E-state index contributed by atoms with van der Waals surface area (Å²) >= 11 is 0. The molecule has 0 amide bonds. The first-order chi connectivity index (χ1) is 14.3. The molecule has 4 unspecified atom stereocenters. The molecule has 4 atom stereocenters. The fourth-order valence-corrected chi connectivity index (χ4v) is 8.10. The van der Waals surface area contributed by atoms with E-state index in [1.165, 1.54) is 109 Å². The highest BCUT2D eigenvalue weighted by Crippen LogP contribution is 2.51. The molecule has 1 saturated heterocycles. The zero-order valence-corrected chi connectivity index (χ0v) is 19.0. The lowest BCUT2D eigenvalue weighted by Gasteiger charge is -2.43. The Morgan fingerprint density at radius 2 is 1.21 bits per heavy atom. The Morgan fingerprint density at radius 3 is 1.83 bits per heavy atom. The van der Waals surface area contributed by atoms with Crippen LogP contribution in [0.25, 0.3) is 0 Å². The van der Waals surface area contributed by atoms with Crippen LogP contribution in [0.15, 0.2) is 5.10 Å². The number of hydrazone groups is 1. The largest absolute Gasteiger partial charge is 0.297 e. The zero-order valence-electron chi connectivity index (χ0n) is 19.0. The molecule has 0 N–H and O–H groups in total. The van der Waals surface area contributed by atoms with Crippen LogP contribution in [0.1, 0.15) is 109 Å². The first-order valence-corrected chi connectivity index (χ1v) is 13.4. The molecule has 1 aliphatic heterocycles. The number of likely N-dealkylation sites (tertiary alicyclic amines) is 1. The summed E-state index contributed by atoms with van der Waals surface area (Å²) in [4.78, 5) is 3.13. The van der Waals surface area contributed by atoms with Crippen LogP contribution in [0.3, 0.4) is 0 Å². The van der Waals surface area contributed by atoms with E-state index in [0.29, 0.717) is 6.04 Å². The van der Waals surface area contributed by atoms with Crippen molar-refractivity contribution in [1.29, 1.82) is 0 Å². The van der Waals surface area contributed by atoms with Gasteiger partial charge in [-0.3, -0.25) is 9.91 Å². The van der Waals surface area contributed by atoms with Gasteiger partial charge in [0.1, 0.15) is 0 Å². The van der Waals surface area contributed by atoms with Gasteiger partial charge in [-0.2, -0.15) is 5.10 Å². The molecule has 3 nitrogen and oxygen atoms in total. The molecule has 4 aliphatic carbocycles. The van der Waals surface area contributed by atoms with Gasteiger partial charge in [-0.15, -0.1) is 0 Å². The second-order valence-corrected chi connectivity index (χ2v) is 11.2. The standard InChI is InChI=1S/C26H45N3/c1-28(21-9-3-2-4-10-21)27-19-20-15-17-22(18-16-20)29-25-13-7-5-11-23(25)24-12-6-8-14-26(24)29/h19-26H,2-18H2,1H3. The molecule has 164 valence electrons. The second kappa shape index (κ2) is 9.28. The first kappa shape index (κ1) is 20.3. The van der Waals surface area contributed by atoms with Crippen LogP contribution in [-0.4, -0.2) is 47.3 Å². The van der Waals surface area contributed by atoms with Crippen LogP contribution in [0.5, 0.6) is 0 Å². The minimum Gasteiger partial charge on any atom is -0.297 e. The molecule has 0 radical (unpaired) electrons. The van der Waals surface area contributed by atoms with Crippen molar-refractivity contribution in [3.8, 4) is 0 Å². The minimum atomic E-state index is 0.701. The van der Waals surface area contributed by atoms with Crippen LogP contribution in [0, 0.1) is 17.8 Å². The third-order valence-corrected chi connectivity index (χ3v) is 9.60. The average Bonchev–Trinajstić information content (AvgIpc) is 3.13. The summed E-state index contributed by atoms with van der Waals surface area (Å²) in [6.45, 7) is 0. The van der Waals surface area contributed by atoms with Crippen molar-refractivity contribution in [2.75, 3.05) is 7.05 Å². The molecule has 5 rings (SSSR count). The second-order valence-electron chi connectivity index (χ2n) is 11.2. The Bertz CT molecular complexity index is 524. The van der Waals surface area contributed by atoms with Crippen molar-refractivity contribution < 1.29 is 0 Å². The van der Waals surface area contributed by atoms with Crippen LogP contribution in [0.2, 0.25) is 0 Å². The molecule has 5 aliphatic rings. The van der Waals surface area contributed by atoms with E-state index in [-0.39, 0.29) is 0 Å². The number of hydrogen-bond acceptors (Lipinski definition) is 3. The van der Waals surface area contributed by atoms with Gasteiger partial charge in [0.15, 0.2) is 0 Å². The van der Waals surface area contributed by atoms with Gasteiger partial charge in [-0.25, -0.2) is 0 Å². The molecule has 0 aromatic heterocycles. The minimum absolute atomic E-state index is 0.701. The fourth-order valence-electron chi connectivity index (χ4n) is 8.10. The molecule has 0 aromatic rings. The third kappa shape index (κ3) is 4.27. The maximum absolute atomic E-state index is 4.92. The van der Waals surface area contributed by atoms with Crippen molar-refractivity contribution >= 4 is 6.21 Å². The van der Waals surface area contributed by atoms with E-state index >= 15 is 0 Å². The van der Waals surface area contributed by atoms with E-state index in [9.17, 15) is 0 Å². The van der Waals surface area contributed by atoms with E-state index < -0.39 is 0 Å². The van der Waals surface area contributed by atoms with Crippen molar-refractivity contribution in [2.45, 2.75) is 133 Å². The maximum Gasteiger partial charge on any atom is 0.0467 e. The highest BCUT2D eigenvalue weighted by atomic mass is 15.4. The molecule has 1 heterocycles. The summed E-state index contributed by atoms with van der Waals surface area (Å²) in [5, 5.41) is 7.22. The molecule has 0 spiro atoms. The summed E-state index contributed by atoms with van der Waals surface area (Å²) in [6, 6.07) is 3.48. The van der Waals surface area contributed by atoms with Gasteiger partial charge in [0.2, 0.25) is 0 Å². The first-order valence-electron chi connectivity index (χ1n) is 13.4. The normalized spacial score (nSPS) is 42.0. The Morgan fingerprint density at radius 1 is 0.655 bits per heavy atom. The summed E-state index contributed by atoms with van der Waals surface area (Å²) in [7, 11) is 2.22. The van der Waals surface area contributed by atoms with Gasteiger partial charge in [0.25, 0.3) is 0 Å². The Balaban J connectivity index is 1.17. The van der Waals surface area contributed by atoms with E-state index in [4.69, 9.17) is 5.10 Å². The zero-order chi connectivity index (χ0) is 19.6. The molecule has 3 heteroatoms. The Hall–Kier alpha value is -0.570. The molecule has 0 bridgehead atoms. The summed E-state index contributed by atoms with van der Waals surface area (Å²) in [5.41, 5.74) is 0. The van der Waals surface area contributed by atoms with Gasteiger partial charge < -0.3 is 0 Å². The quantitative estimate of drug-likeness (QED) is 0.412. The van der Waals surface area contributed by atoms with Gasteiger partial charge in [0, 0.05) is 37.4 Å². The van der Waals surface area contributed by atoms with Gasteiger partial charge in [-0.1, -0.05) is 44.9 Å². The van der Waals surface area contributed by atoms with Crippen molar-refractivity contribution in [3.05, 3.63) is 0 Å². The van der Waals surface area contributed by atoms with Crippen molar-refractivity contribution in [3.63, 3.8) is 0 Å². The summed E-state index contributed by atoms with van der Waals surface area (Å²) < 4.78 is 0. The van der Waals surface area contributed by atoms with E-state index in [1.54, 1.807) is 0 Å². The summed E-state index contributed by atoms with van der Waals surface area (Å²) in [5.74, 6) is 2.83. The van der Waals surface area contributed by atoms with Gasteiger partial charge >= 0.3 is 0 Å². The molecular weight excluding hydrogens is 354 g/mol. The predicted octanol–water partition coefficient (Wildman–Crippen LogP) is 6.23. The lowest BCUT2D eigenvalue weighted by Crippen LogP contribution is -2.48. The topological polar surface area (TPSA) is 18.8 Å². The fraction of sp³-hybridized carbons (Fsp3) is 0.962. The van der Waals surface area contributed by atoms with Crippen LogP contribution in [0.4, 0.5) is 0 Å². The Kier molecular flexibility index (Phi) is 6.51. The SMILES string of the molecule is CN(N=CC1CCC(N2C3CCCCC3C3CCCCC32)CC1)C1CCCCC1. The lowest BCUT2D eigenvalue weighted by atomic mass is 9.73. The van der Waals surface area contributed by atoms with E-state index in [2.05, 4.69) is 23.2 Å². The van der Waals surface area contributed by atoms with Gasteiger partial charge in [0.05, 0.1) is 0 Å². The summed E-state index contributed by atoms with van der Waals surface area (Å²) in [6.07, 6.45) is 27.0. The number of rotatable bonds is 4. The number of fused-ring (bicyclic) bond motifs is 3. The molecule has 0 aromatic carbocycles. The van der Waals surface area contributed by atoms with Crippen molar-refractivity contribution in [1.82, 2.24) is 9.91 Å². The Labute approximate surface area is 179 Å². The monoisotopic (exact) mass is 399 g/mol.